The van der Waals surface area contributed by atoms with Crippen LogP contribution in [-0.4, -0.2) is 28.5 Å². The van der Waals surface area contributed by atoms with Crippen molar-refractivity contribution in [3.8, 4) is 0 Å². The van der Waals surface area contributed by atoms with Crippen molar-refractivity contribution in [2.45, 2.75) is 44.8 Å². The molecule has 1 aromatic carbocycles. The summed E-state index contributed by atoms with van der Waals surface area (Å²) in [6, 6.07) is 10.1. The van der Waals surface area contributed by atoms with Crippen LogP contribution in [0.25, 0.3) is 0 Å². The van der Waals surface area contributed by atoms with Gasteiger partial charge in [0.25, 0.3) is 0 Å². The first-order valence-electron chi connectivity index (χ1n) is 6.97. The van der Waals surface area contributed by atoms with E-state index in [0.717, 1.165) is 18.4 Å². The summed E-state index contributed by atoms with van der Waals surface area (Å²) in [6.45, 7) is 0.347. The Morgan fingerprint density at radius 2 is 1.67 bits per heavy atom. The summed E-state index contributed by atoms with van der Waals surface area (Å²) in [4.78, 5) is 20.1. The van der Waals surface area contributed by atoms with Gasteiger partial charge in [0.1, 0.15) is 6.61 Å². The molecule has 1 aliphatic rings. The number of benzene rings is 1. The van der Waals surface area contributed by atoms with Crippen molar-refractivity contribution < 1.29 is 24.5 Å². The number of alkyl carbamates (subject to hydrolysis) is 1. The molecule has 1 amide bonds. The fraction of sp³-hybridized carbons (Fsp3) is 0.467. The maximum atomic E-state index is 11.6. The monoisotopic (exact) mass is 295 g/mol. The lowest BCUT2D eigenvalue weighted by Gasteiger charge is -2.22. The second kappa shape index (κ2) is 9.63. The van der Waals surface area contributed by atoms with E-state index in [1.54, 1.807) is 0 Å². The second-order valence-electron chi connectivity index (χ2n) is 4.82. The molecule has 2 rings (SSSR count). The third-order valence-corrected chi connectivity index (χ3v) is 3.14. The van der Waals surface area contributed by atoms with E-state index in [2.05, 4.69) is 5.32 Å². The molecule has 0 radical (unpaired) electrons. The standard InChI is InChI=1S/C14H19NO2.CH2O3/c16-14(15-13-9-5-2-6-10-13)17-11-12-7-3-1-4-8-12;2-1(3)4/h1,3-4,7-8,13H,2,5-6,9-11H2,(H,15,16);(H2,2,3,4). The van der Waals surface area contributed by atoms with Crippen molar-refractivity contribution in [3.63, 3.8) is 0 Å². The molecule has 0 saturated heterocycles. The Balaban J connectivity index is 0.000000491. The van der Waals surface area contributed by atoms with Gasteiger partial charge in [-0.25, -0.2) is 9.59 Å². The van der Waals surface area contributed by atoms with E-state index < -0.39 is 6.16 Å². The van der Waals surface area contributed by atoms with E-state index in [1.807, 2.05) is 30.3 Å². The quantitative estimate of drug-likeness (QED) is 0.793. The van der Waals surface area contributed by atoms with Gasteiger partial charge < -0.3 is 20.3 Å². The second-order valence-corrected chi connectivity index (χ2v) is 4.82. The Morgan fingerprint density at radius 3 is 2.24 bits per heavy atom. The van der Waals surface area contributed by atoms with Crippen molar-refractivity contribution in [2.24, 2.45) is 0 Å². The smallest absolute Gasteiger partial charge is 0.450 e. The van der Waals surface area contributed by atoms with E-state index in [-0.39, 0.29) is 6.09 Å². The third-order valence-electron chi connectivity index (χ3n) is 3.14. The zero-order valence-corrected chi connectivity index (χ0v) is 11.8. The Morgan fingerprint density at radius 1 is 1.10 bits per heavy atom. The van der Waals surface area contributed by atoms with Crippen LogP contribution in [0.3, 0.4) is 0 Å². The first-order chi connectivity index (χ1) is 10.1. The Hall–Kier alpha value is -2.24. The Bertz CT molecular complexity index is 425. The average Bonchev–Trinajstić information content (AvgIpc) is 2.47. The highest BCUT2D eigenvalue weighted by atomic mass is 16.6. The summed E-state index contributed by atoms with van der Waals surface area (Å²) in [5, 5.41) is 16.9. The lowest BCUT2D eigenvalue weighted by Crippen LogP contribution is -2.36. The maximum Gasteiger partial charge on any atom is 0.503 e. The minimum Gasteiger partial charge on any atom is -0.450 e. The van der Waals surface area contributed by atoms with Crippen LogP contribution in [0.15, 0.2) is 30.3 Å². The number of carbonyl (C=O) groups excluding carboxylic acids is 1. The first kappa shape index (κ1) is 16.8. The summed E-state index contributed by atoms with van der Waals surface area (Å²) < 4.78 is 5.18. The summed E-state index contributed by atoms with van der Waals surface area (Å²) in [7, 11) is 0. The Labute approximate surface area is 123 Å². The molecule has 0 unspecified atom stereocenters. The van der Waals surface area contributed by atoms with Gasteiger partial charge in [-0.1, -0.05) is 49.6 Å². The van der Waals surface area contributed by atoms with Crippen molar-refractivity contribution in [1.29, 1.82) is 0 Å². The molecule has 6 nitrogen and oxygen atoms in total. The highest BCUT2D eigenvalue weighted by Crippen LogP contribution is 2.17. The molecular weight excluding hydrogens is 274 g/mol. The normalized spacial score (nSPS) is 14.5. The van der Waals surface area contributed by atoms with E-state index in [9.17, 15) is 4.79 Å². The molecule has 3 N–H and O–H groups in total. The summed E-state index contributed by atoms with van der Waals surface area (Å²) in [5.74, 6) is 0. The van der Waals surface area contributed by atoms with Crippen LogP contribution in [-0.2, 0) is 11.3 Å². The Kier molecular flexibility index (Phi) is 7.71. The minimum absolute atomic E-state index is 0.291. The molecular formula is C15H21NO5. The number of carboxylic acid groups (broad SMARTS) is 2. The fourth-order valence-electron chi connectivity index (χ4n) is 2.18. The molecule has 0 atom stereocenters. The number of hydrogen-bond donors (Lipinski definition) is 3. The van der Waals surface area contributed by atoms with Crippen LogP contribution in [0, 0.1) is 0 Å². The van der Waals surface area contributed by atoms with Gasteiger partial charge in [-0.3, -0.25) is 0 Å². The molecule has 6 heteroatoms. The molecule has 21 heavy (non-hydrogen) atoms. The number of hydrogen-bond acceptors (Lipinski definition) is 3. The molecule has 0 heterocycles. The molecule has 1 fully saturated rings. The van der Waals surface area contributed by atoms with Gasteiger partial charge in [-0.05, 0) is 18.4 Å². The number of carbonyl (C=O) groups is 2. The molecule has 1 aromatic rings. The molecule has 0 spiro atoms. The average molecular weight is 295 g/mol. The van der Waals surface area contributed by atoms with Crippen LogP contribution in [0.4, 0.5) is 9.59 Å². The molecule has 116 valence electrons. The molecule has 0 aliphatic heterocycles. The zero-order valence-electron chi connectivity index (χ0n) is 11.8. The van der Waals surface area contributed by atoms with E-state index in [4.69, 9.17) is 19.7 Å². The van der Waals surface area contributed by atoms with Gasteiger partial charge >= 0.3 is 12.2 Å². The SMILES string of the molecule is O=C(NC1CCCCC1)OCc1ccccc1.O=C(O)O. The number of ether oxygens (including phenoxy) is 1. The fourth-order valence-corrected chi connectivity index (χ4v) is 2.18. The van der Waals surface area contributed by atoms with E-state index >= 15 is 0 Å². The summed E-state index contributed by atoms with van der Waals surface area (Å²) in [6.07, 6.45) is 3.76. The van der Waals surface area contributed by atoms with Gasteiger partial charge in [0.05, 0.1) is 0 Å². The van der Waals surface area contributed by atoms with Crippen LogP contribution in [0.2, 0.25) is 0 Å². The van der Waals surface area contributed by atoms with Crippen LogP contribution >= 0.6 is 0 Å². The highest BCUT2D eigenvalue weighted by molar-refractivity contribution is 5.67. The van der Waals surface area contributed by atoms with Crippen molar-refractivity contribution in [1.82, 2.24) is 5.32 Å². The van der Waals surface area contributed by atoms with Gasteiger partial charge in [0.15, 0.2) is 0 Å². The lowest BCUT2D eigenvalue weighted by molar-refractivity contribution is 0.132. The van der Waals surface area contributed by atoms with E-state index in [0.29, 0.717) is 12.6 Å². The van der Waals surface area contributed by atoms with Crippen LogP contribution in [0.1, 0.15) is 37.7 Å². The van der Waals surface area contributed by atoms with Gasteiger partial charge in [-0.15, -0.1) is 0 Å². The van der Waals surface area contributed by atoms with Gasteiger partial charge in [0, 0.05) is 6.04 Å². The molecule has 0 aromatic heterocycles. The topological polar surface area (TPSA) is 95.9 Å². The molecule has 1 aliphatic carbocycles. The summed E-state index contributed by atoms with van der Waals surface area (Å²) in [5.41, 5.74) is 1.02. The molecule has 1 saturated carbocycles. The number of nitrogens with one attached hydrogen (secondary N) is 1. The van der Waals surface area contributed by atoms with Crippen molar-refractivity contribution in [2.75, 3.05) is 0 Å². The van der Waals surface area contributed by atoms with Crippen LogP contribution in [0.5, 0.6) is 0 Å². The highest BCUT2D eigenvalue weighted by Gasteiger charge is 2.16. The largest absolute Gasteiger partial charge is 0.503 e. The zero-order chi connectivity index (χ0) is 15.5. The maximum absolute atomic E-state index is 11.6. The summed E-state index contributed by atoms with van der Waals surface area (Å²) >= 11 is 0. The van der Waals surface area contributed by atoms with Crippen LogP contribution < -0.4 is 5.32 Å². The predicted octanol–water partition coefficient (Wildman–Crippen LogP) is 3.47. The molecule has 0 bridgehead atoms. The first-order valence-corrected chi connectivity index (χ1v) is 6.97. The van der Waals surface area contributed by atoms with Gasteiger partial charge in [-0.2, -0.15) is 0 Å². The predicted molar refractivity (Wildman–Crippen MR) is 77.3 cm³/mol. The van der Waals surface area contributed by atoms with E-state index in [1.165, 1.54) is 19.3 Å². The van der Waals surface area contributed by atoms with Crippen molar-refractivity contribution in [3.05, 3.63) is 35.9 Å². The van der Waals surface area contributed by atoms with Crippen molar-refractivity contribution >= 4 is 12.2 Å². The minimum atomic E-state index is -1.83. The number of rotatable bonds is 3. The number of amides is 1. The lowest BCUT2D eigenvalue weighted by atomic mass is 9.96. The van der Waals surface area contributed by atoms with Gasteiger partial charge in [0.2, 0.25) is 0 Å². The third kappa shape index (κ3) is 8.52.